The lowest BCUT2D eigenvalue weighted by Gasteiger charge is -2.09. The van der Waals surface area contributed by atoms with Crippen LogP contribution < -0.4 is 11.9 Å². The Bertz CT molecular complexity index is 244. The van der Waals surface area contributed by atoms with Gasteiger partial charge in [-0.25, -0.2) is 0 Å². The lowest BCUT2D eigenvalue weighted by Crippen LogP contribution is -2.22. The van der Waals surface area contributed by atoms with Crippen LogP contribution in [0.2, 0.25) is 0 Å². The second kappa shape index (κ2) is 19.5. The summed E-state index contributed by atoms with van der Waals surface area (Å²) in [5, 5.41) is 0. The summed E-state index contributed by atoms with van der Waals surface area (Å²) < 4.78 is 0. The fraction of sp³-hybridized carbons (Fsp3) is 0.950. The van der Waals surface area contributed by atoms with E-state index in [1.54, 1.807) is 0 Å². The molecular weight excluding hydrogens is 284 g/mol. The molecule has 0 radical (unpaired) electrons. The lowest BCUT2D eigenvalue weighted by atomic mass is 9.97. The second-order valence-corrected chi connectivity index (χ2v) is 6.89. The van der Waals surface area contributed by atoms with E-state index in [2.05, 4.69) is 13.8 Å². The maximum Gasteiger partial charge on any atom is 0.220 e. The van der Waals surface area contributed by atoms with E-state index in [1.165, 1.54) is 89.9 Å². The molecular formula is C20H44N2O. The number of nitrogens with two attached hydrogens (primary N) is 1. The molecule has 0 aliphatic carbocycles. The molecule has 0 bridgehead atoms. The molecule has 5 N–H and O–H groups in total. The van der Waals surface area contributed by atoms with Crippen LogP contribution in [0.4, 0.5) is 0 Å². The molecule has 0 fully saturated rings. The Labute approximate surface area is 145 Å². The molecule has 0 aliphatic rings. The minimum atomic E-state index is -0.114. The quantitative estimate of drug-likeness (QED) is 0.298. The molecule has 3 nitrogen and oxygen atoms in total. The topological polar surface area (TPSA) is 78.1 Å². The molecule has 0 heterocycles. The summed E-state index contributed by atoms with van der Waals surface area (Å²) in [6.45, 7) is 4.33. The van der Waals surface area contributed by atoms with Crippen LogP contribution in [0.15, 0.2) is 0 Å². The van der Waals surface area contributed by atoms with Gasteiger partial charge in [0.15, 0.2) is 0 Å². The summed E-state index contributed by atoms with van der Waals surface area (Å²) in [5.74, 6) is -0.00507. The van der Waals surface area contributed by atoms with Crippen LogP contribution in [0.5, 0.6) is 0 Å². The average Bonchev–Trinajstić information content (AvgIpc) is 2.51. The minimum Gasteiger partial charge on any atom is -0.369 e. The lowest BCUT2D eigenvalue weighted by molar-refractivity contribution is -0.122. The zero-order valence-corrected chi connectivity index (χ0v) is 16.1. The molecule has 0 aliphatic heterocycles. The predicted octanol–water partition coefficient (Wildman–Crippen LogP) is 6.53. The molecule has 0 aromatic rings. The number of rotatable bonds is 17. The van der Waals surface area contributed by atoms with E-state index in [4.69, 9.17) is 5.73 Å². The largest absolute Gasteiger partial charge is 0.369 e. The van der Waals surface area contributed by atoms with Gasteiger partial charge in [0, 0.05) is 5.92 Å². The second-order valence-electron chi connectivity index (χ2n) is 6.89. The summed E-state index contributed by atoms with van der Waals surface area (Å²) in [6, 6.07) is 0. The smallest absolute Gasteiger partial charge is 0.220 e. The van der Waals surface area contributed by atoms with Crippen LogP contribution in [-0.4, -0.2) is 5.91 Å². The Morgan fingerprint density at radius 2 is 1.04 bits per heavy atom. The number of unbranched alkanes of at least 4 members (excludes halogenated alkanes) is 13. The monoisotopic (exact) mass is 328 g/mol. The Hall–Kier alpha value is -0.570. The molecule has 140 valence electrons. The first-order valence-corrected chi connectivity index (χ1v) is 10.0. The Morgan fingerprint density at radius 1 is 0.696 bits per heavy atom. The first-order chi connectivity index (χ1) is 10.7. The van der Waals surface area contributed by atoms with Gasteiger partial charge in [-0.1, -0.05) is 104 Å². The highest BCUT2D eigenvalue weighted by molar-refractivity contribution is 5.76. The van der Waals surface area contributed by atoms with Gasteiger partial charge in [-0.15, -0.1) is 0 Å². The fourth-order valence-electron chi connectivity index (χ4n) is 3.13. The van der Waals surface area contributed by atoms with E-state index in [0.29, 0.717) is 0 Å². The molecule has 0 aromatic heterocycles. The first-order valence-electron chi connectivity index (χ1n) is 10.0. The van der Waals surface area contributed by atoms with Crippen LogP contribution in [0.1, 0.15) is 117 Å². The van der Waals surface area contributed by atoms with Crippen LogP contribution in [0.3, 0.4) is 0 Å². The molecule has 0 saturated carbocycles. The highest BCUT2D eigenvalue weighted by Crippen LogP contribution is 2.16. The Kier molecular flexibility index (Phi) is 20.9. The van der Waals surface area contributed by atoms with Crippen molar-refractivity contribution in [3.05, 3.63) is 0 Å². The minimum absolute atomic E-state index is 0. The molecule has 1 amide bonds. The first kappa shape index (κ1) is 24.7. The predicted molar refractivity (Wildman–Crippen MR) is 103 cm³/mol. The number of carbonyl (C=O) groups excluding carboxylic acids is 1. The van der Waals surface area contributed by atoms with E-state index in [1.807, 2.05) is 0 Å². The molecule has 1 unspecified atom stereocenters. The van der Waals surface area contributed by atoms with E-state index in [9.17, 15) is 4.79 Å². The summed E-state index contributed by atoms with van der Waals surface area (Å²) in [6.07, 6.45) is 21.2. The Morgan fingerprint density at radius 3 is 1.35 bits per heavy atom. The summed E-state index contributed by atoms with van der Waals surface area (Å²) >= 11 is 0. The highest BCUT2D eigenvalue weighted by Gasteiger charge is 2.11. The number of primary amides is 1. The van der Waals surface area contributed by atoms with Gasteiger partial charge >= 0.3 is 0 Å². The van der Waals surface area contributed by atoms with Gasteiger partial charge in [-0.3, -0.25) is 4.79 Å². The van der Waals surface area contributed by atoms with Gasteiger partial charge in [0.25, 0.3) is 0 Å². The van der Waals surface area contributed by atoms with E-state index < -0.39 is 0 Å². The summed E-state index contributed by atoms with van der Waals surface area (Å²) in [5.41, 5.74) is 5.36. The molecule has 0 spiro atoms. The summed E-state index contributed by atoms with van der Waals surface area (Å²) in [4.78, 5) is 11.1. The van der Waals surface area contributed by atoms with Crippen LogP contribution in [-0.2, 0) is 4.79 Å². The molecule has 0 saturated heterocycles. The van der Waals surface area contributed by atoms with Crippen molar-refractivity contribution in [1.29, 1.82) is 0 Å². The van der Waals surface area contributed by atoms with E-state index in [-0.39, 0.29) is 18.0 Å². The van der Waals surface area contributed by atoms with Crippen molar-refractivity contribution >= 4 is 5.91 Å². The third-order valence-electron chi connectivity index (χ3n) is 4.80. The third-order valence-corrected chi connectivity index (χ3v) is 4.80. The molecule has 0 aromatic carbocycles. The fourth-order valence-corrected chi connectivity index (χ4v) is 3.13. The molecule has 23 heavy (non-hydrogen) atoms. The number of hydrogen-bond donors (Lipinski definition) is 2. The van der Waals surface area contributed by atoms with Crippen molar-refractivity contribution in [2.45, 2.75) is 117 Å². The van der Waals surface area contributed by atoms with E-state index >= 15 is 0 Å². The van der Waals surface area contributed by atoms with Gasteiger partial charge < -0.3 is 11.9 Å². The number of carbonyl (C=O) groups is 1. The van der Waals surface area contributed by atoms with Crippen molar-refractivity contribution < 1.29 is 4.79 Å². The van der Waals surface area contributed by atoms with Gasteiger partial charge in [0.1, 0.15) is 0 Å². The van der Waals surface area contributed by atoms with Crippen LogP contribution in [0.25, 0.3) is 0 Å². The highest BCUT2D eigenvalue weighted by atomic mass is 16.1. The maximum atomic E-state index is 11.1. The number of amides is 1. The zero-order valence-electron chi connectivity index (χ0n) is 16.1. The van der Waals surface area contributed by atoms with Gasteiger partial charge in [-0.05, 0) is 12.8 Å². The molecule has 3 heteroatoms. The van der Waals surface area contributed by atoms with Crippen molar-refractivity contribution in [3.63, 3.8) is 0 Å². The summed E-state index contributed by atoms with van der Waals surface area (Å²) in [7, 11) is 0. The zero-order chi connectivity index (χ0) is 16.5. The molecule has 0 rings (SSSR count). The van der Waals surface area contributed by atoms with Gasteiger partial charge in [0.05, 0.1) is 0 Å². The van der Waals surface area contributed by atoms with Gasteiger partial charge in [-0.2, -0.15) is 0 Å². The van der Waals surface area contributed by atoms with Crippen molar-refractivity contribution in [2.24, 2.45) is 11.7 Å². The van der Waals surface area contributed by atoms with Crippen molar-refractivity contribution in [2.75, 3.05) is 0 Å². The molecule has 1 atom stereocenters. The van der Waals surface area contributed by atoms with Crippen LogP contribution in [0, 0.1) is 5.92 Å². The third kappa shape index (κ3) is 17.6. The normalized spacial score (nSPS) is 11.9. The number of hydrogen-bond acceptors (Lipinski definition) is 2. The van der Waals surface area contributed by atoms with Crippen molar-refractivity contribution in [3.8, 4) is 0 Å². The SMILES string of the molecule is CCCCCCCCCCCCCCCCC(CC)C(N)=O.N. The van der Waals surface area contributed by atoms with Crippen LogP contribution >= 0.6 is 0 Å². The maximum absolute atomic E-state index is 11.1. The van der Waals surface area contributed by atoms with E-state index in [0.717, 1.165) is 12.8 Å². The Balaban J connectivity index is 0. The van der Waals surface area contributed by atoms with Crippen molar-refractivity contribution in [1.82, 2.24) is 6.15 Å². The van der Waals surface area contributed by atoms with Gasteiger partial charge in [0.2, 0.25) is 5.91 Å². The standard InChI is InChI=1S/C20H41NO.H3N/c1-3-5-6-7-8-9-10-11-12-13-14-15-16-17-18-19(4-2)20(21)22;/h19H,3-18H2,1-2H3,(H2,21,22);1H3. The average molecular weight is 329 g/mol.